The molecule has 0 spiro atoms. The van der Waals surface area contributed by atoms with Crippen LogP contribution in [-0.2, 0) is 17.7 Å². The van der Waals surface area contributed by atoms with Gasteiger partial charge in [0.1, 0.15) is 0 Å². The van der Waals surface area contributed by atoms with E-state index >= 15 is 0 Å². The van der Waals surface area contributed by atoms with Crippen molar-refractivity contribution < 1.29 is 9.15 Å². The summed E-state index contributed by atoms with van der Waals surface area (Å²) >= 11 is 1.85. The van der Waals surface area contributed by atoms with E-state index in [2.05, 4.69) is 32.6 Å². The number of hydrogen-bond acceptors (Lipinski definition) is 6. The first-order valence-electron chi connectivity index (χ1n) is 9.04. The van der Waals surface area contributed by atoms with Gasteiger partial charge in [-0.2, -0.15) is 0 Å². The Hall–Kier alpha value is -1.24. The number of thiophene rings is 1. The molecular weight excluding hydrogens is 322 g/mol. The molecule has 6 heteroatoms. The zero-order valence-electron chi connectivity index (χ0n) is 13.8. The first-order valence-corrected chi connectivity index (χ1v) is 9.92. The van der Waals surface area contributed by atoms with Crippen molar-refractivity contribution in [1.29, 1.82) is 0 Å². The molecule has 3 aliphatic rings. The summed E-state index contributed by atoms with van der Waals surface area (Å²) in [7, 11) is 0. The maximum atomic E-state index is 6.12. The molecule has 0 bridgehead atoms. The second kappa shape index (κ2) is 6.24. The van der Waals surface area contributed by atoms with Crippen molar-refractivity contribution in [2.75, 3.05) is 19.7 Å². The molecule has 0 unspecified atom stereocenters. The van der Waals surface area contributed by atoms with Crippen LogP contribution in [-0.4, -0.2) is 40.9 Å². The Morgan fingerprint density at radius 2 is 2.21 bits per heavy atom. The van der Waals surface area contributed by atoms with Gasteiger partial charge in [-0.15, -0.1) is 21.5 Å². The highest BCUT2D eigenvalue weighted by Crippen LogP contribution is 2.40. The third kappa shape index (κ3) is 3.03. The lowest BCUT2D eigenvalue weighted by atomic mass is 9.83. The predicted molar refractivity (Wildman–Crippen MR) is 90.9 cm³/mol. The lowest BCUT2D eigenvalue weighted by Gasteiger charge is -2.35. The van der Waals surface area contributed by atoms with Gasteiger partial charge in [-0.25, -0.2) is 0 Å². The number of fused-ring (bicyclic) bond motifs is 1. The smallest absolute Gasteiger partial charge is 0.219 e. The van der Waals surface area contributed by atoms with Crippen LogP contribution in [0.15, 0.2) is 21.9 Å². The summed E-state index contributed by atoms with van der Waals surface area (Å²) in [6.07, 6.45) is 4.65. The SMILES string of the molecule is c1csc(CN2CC[C@@H]3[C@@H](CO[C@H]3Cc3nnc(C4CC4)o3)C2)c1. The van der Waals surface area contributed by atoms with Gasteiger partial charge in [-0.3, -0.25) is 4.90 Å². The topological polar surface area (TPSA) is 51.4 Å². The van der Waals surface area contributed by atoms with E-state index in [1.807, 2.05) is 11.3 Å². The molecule has 2 aromatic rings. The molecule has 2 saturated heterocycles. The number of likely N-dealkylation sites (tertiary alicyclic amines) is 1. The zero-order valence-corrected chi connectivity index (χ0v) is 14.6. The molecule has 24 heavy (non-hydrogen) atoms. The van der Waals surface area contributed by atoms with Gasteiger partial charge >= 0.3 is 0 Å². The highest BCUT2D eigenvalue weighted by atomic mass is 32.1. The van der Waals surface area contributed by atoms with E-state index in [0.717, 1.165) is 44.4 Å². The lowest BCUT2D eigenvalue weighted by Crippen LogP contribution is -2.41. The normalized spacial score (nSPS) is 30.6. The maximum Gasteiger partial charge on any atom is 0.219 e. The van der Waals surface area contributed by atoms with Crippen LogP contribution in [0.5, 0.6) is 0 Å². The fourth-order valence-electron chi connectivity index (χ4n) is 4.16. The van der Waals surface area contributed by atoms with Crippen LogP contribution in [0.3, 0.4) is 0 Å². The number of hydrogen-bond donors (Lipinski definition) is 0. The van der Waals surface area contributed by atoms with E-state index in [4.69, 9.17) is 9.15 Å². The van der Waals surface area contributed by atoms with Crippen LogP contribution in [0, 0.1) is 11.8 Å². The molecule has 0 N–H and O–H groups in total. The molecule has 0 radical (unpaired) electrons. The molecule has 3 atom stereocenters. The van der Waals surface area contributed by atoms with Crippen molar-refractivity contribution >= 4 is 11.3 Å². The van der Waals surface area contributed by atoms with E-state index in [-0.39, 0.29) is 6.10 Å². The number of rotatable bonds is 5. The molecule has 3 fully saturated rings. The Morgan fingerprint density at radius 1 is 1.25 bits per heavy atom. The predicted octanol–water partition coefficient (Wildman–Crippen LogP) is 3.09. The zero-order chi connectivity index (χ0) is 15.9. The fourth-order valence-corrected chi connectivity index (χ4v) is 4.90. The molecule has 5 nitrogen and oxygen atoms in total. The molecule has 4 heterocycles. The van der Waals surface area contributed by atoms with Gasteiger partial charge in [-0.05, 0) is 43.2 Å². The average molecular weight is 345 g/mol. The van der Waals surface area contributed by atoms with Crippen molar-refractivity contribution in [3.63, 3.8) is 0 Å². The Bertz CT molecular complexity index is 682. The van der Waals surface area contributed by atoms with E-state index in [9.17, 15) is 0 Å². The minimum Gasteiger partial charge on any atom is -0.425 e. The Kier molecular flexibility index (Phi) is 3.91. The van der Waals surface area contributed by atoms with E-state index in [1.165, 1.54) is 24.1 Å². The van der Waals surface area contributed by atoms with Crippen LogP contribution in [0.2, 0.25) is 0 Å². The summed E-state index contributed by atoms with van der Waals surface area (Å²) in [4.78, 5) is 4.04. The average Bonchev–Trinajstić information content (AvgIpc) is 2.99. The van der Waals surface area contributed by atoms with Gasteiger partial charge in [0.2, 0.25) is 11.8 Å². The molecule has 5 rings (SSSR count). The minimum absolute atomic E-state index is 0.256. The summed E-state index contributed by atoms with van der Waals surface area (Å²) in [5.41, 5.74) is 0. The molecule has 2 aliphatic heterocycles. The Morgan fingerprint density at radius 3 is 3.04 bits per heavy atom. The van der Waals surface area contributed by atoms with Crippen LogP contribution in [0.1, 0.15) is 41.8 Å². The van der Waals surface area contributed by atoms with Crippen LogP contribution in [0.25, 0.3) is 0 Å². The molecule has 1 saturated carbocycles. The number of aromatic nitrogens is 2. The van der Waals surface area contributed by atoms with Crippen molar-refractivity contribution in [1.82, 2.24) is 15.1 Å². The van der Waals surface area contributed by atoms with E-state index in [0.29, 0.717) is 17.8 Å². The van der Waals surface area contributed by atoms with Crippen LogP contribution < -0.4 is 0 Å². The quantitative estimate of drug-likeness (QED) is 0.833. The summed E-state index contributed by atoms with van der Waals surface area (Å²) in [6.45, 7) is 4.27. The first-order chi connectivity index (χ1) is 11.8. The maximum absolute atomic E-state index is 6.12. The largest absolute Gasteiger partial charge is 0.425 e. The molecule has 0 aromatic carbocycles. The van der Waals surface area contributed by atoms with Crippen LogP contribution >= 0.6 is 11.3 Å². The number of ether oxygens (including phenoxy) is 1. The highest BCUT2D eigenvalue weighted by molar-refractivity contribution is 7.09. The number of nitrogens with zero attached hydrogens (tertiary/aromatic N) is 3. The molecule has 1 aliphatic carbocycles. The van der Waals surface area contributed by atoms with Crippen molar-refractivity contribution in [3.05, 3.63) is 34.2 Å². The lowest BCUT2D eigenvalue weighted by molar-refractivity contribution is 0.0794. The van der Waals surface area contributed by atoms with E-state index < -0.39 is 0 Å². The molecule has 0 amide bonds. The van der Waals surface area contributed by atoms with Gasteiger partial charge in [0.25, 0.3) is 0 Å². The molecule has 128 valence electrons. The molecule has 2 aromatic heterocycles. The van der Waals surface area contributed by atoms with Gasteiger partial charge < -0.3 is 9.15 Å². The number of piperidine rings is 1. The fraction of sp³-hybridized carbons (Fsp3) is 0.667. The first kappa shape index (κ1) is 15.0. The highest BCUT2D eigenvalue weighted by Gasteiger charge is 2.41. The summed E-state index contributed by atoms with van der Waals surface area (Å²) in [6, 6.07) is 4.37. The van der Waals surface area contributed by atoms with Gasteiger partial charge in [0, 0.05) is 29.8 Å². The minimum atomic E-state index is 0.256. The van der Waals surface area contributed by atoms with Gasteiger partial charge in [0.05, 0.1) is 19.1 Å². The summed E-state index contributed by atoms with van der Waals surface area (Å²) in [5, 5.41) is 10.6. The van der Waals surface area contributed by atoms with Crippen molar-refractivity contribution in [2.45, 2.75) is 44.2 Å². The third-order valence-electron chi connectivity index (χ3n) is 5.62. The monoisotopic (exact) mass is 345 g/mol. The van der Waals surface area contributed by atoms with E-state index in [1.54, 1.807) is 0 Å². The van der Waals surface area contributed by atoms with Crippen LogP contribution in [0.4, 0.5) is 0 Å². The standard InChI is InChI=1S/C18H23N3O2S/c1-2-14(24-7-1)10-21-6-5-15-13(9-21)11-22-16(15)8-17-19-20-18(23-17)12-3-4-12/h1-2,7,12-13,15-16H,3-6,8-11H2/t13-,15-,16+/m1/s1. The molecular formula is C18H23N3O2S. The second-order valence-electron chi connectivity index (χ2n) is 7.41. The Balaban J connectivity index is 1.19. The van der Waals surface area contributed by atoms with Gasteiger partial charge in [0.15, 0.2) is 0 Å². The summed E-state index contributed by atoms with van der Waals surface area (Å²) in [5.74, 6) is 3.42. The second-order valence-corrected chi connectivity index (χ2v) is 8.44. The van der Waals surface area contributed by atoms with Crippen molar-refractivity contribution in [3.8, 4) is 0 Å². The van der Waals surface area contributed by atoms with Crippen molar-refractivity contribution in [2.24, 2.45) is 11.8 Å². The summed E-state index contributed by atoms with van der Waals surface area (Å²) < 4.78 is 12.0. The third-order valence-corrected chi connectivity index (χ3v) is 6.48. The van der Waals surface area contributed by atoms with Gasteiger partial charge in [-0.1, -0.05) is 6.07 Å². The Labute approximate surface area is 146 Å².